The Hall–Kier alpha value is -0.790. The van der Waals surface area contributed by atoms with Gasteiger partial charge in [0, 0.05) is 12.0 Å². The summed E-state index contributed by atoms with van der Waals surface area (Å²) in [6.07, 6.45) is 2.81. The molecule has 0 radical (unpaired) electrons. The van der Waals surface area contributed by atoms with Gasteiger partial charge in [0.25, 0.3) is 0 Å². The van der Waals surface area contributed by atoms with E-state index in [1.807, 2.05) is 31.7 Å². The summed E-state index contributed by atoms with van der Waals surface area (Å²) in [6, 6.07) is 0.554. The van der Waals surface area contributed by atoms with Gasteiger partial charge >= 0.3 is 0 Å². The van der Waals surface area contributed by atoms with Crippen LogP contribution in [0.15, 0.2) is 12.7 Å². The molecule has 0 aromatic heterocycles. The van der Waals surface area contributed by atoms with Gasteiger partial charge < -0.3 is 4.90 Å². The number of likely N-dealkylation sites (tertiary alicyclic amines) is 1. The average Bonchev–Trinajstić information content (AvgIpc) is 2.28. The van der Waals surface area contributed by atoms with Crippen molar-refractivity contribution < 1.29 is 4.79 Å². The van der Waals surface area contributed by atoms with E-state index in [-0.39, 0.29) is 17.9 Å². The molecule has 0 unspecified atom stereocenters. The Morgan fingerprint density at radius 2 is 2.25 bits per heavy atom. The second-order valence-corrected chi connectivity index (χ2v) is 3.78. The number of nitrogens with zero attached hydrogens (tertiary/aromatic N) is 1. The van der Waals surface area contributed by atoms with Gasteiger partial charge in [-0.2, -0.15) is 0 Å². The maximum atomic E-state index is 11.6. The second kappa shape index (κ2) is 3.30. The van der Waals surface area contributed by atoms with E-state index >= 15 is 0 Å². The molecule has 2 atom stereocenters. The van der Waals surface area contributed by atoms with E-state index in [2.05, 4.69) is 6.58 Å². The normalized spacial score (nSPS) is 30.0. The quantitative estimate of drug-likeness (QED) is 0.574. The van der Waals surface area contributed by atoms with Crippen LogP contribution < -0.4 is 0 Å². The van der Waals surface area contributed by atoms with Crippen LogP contribution in [0.5, 0.6) is 0 Å². The molecule has 1 aliphatic heterocycles. The van der Waals surface area contributed by atoms with Gasteiger partial charge in [-0.05, 0) is 20.3 Å². The van der Waals surface area contributed by atoms with Crippen molar-refractivity contribution >= 4 is 5.91 Å². The Kier molecular flexibility index (Phi) is 2.55. The predicted octanol–water partition coefficient (Wildman–Crippen LogP) is 1.82. The average molecular weight is 167 g/mol. The third-order valence-corrected chi connectivity index (χ3v) is 2.46. The second-order valence-electron chi connectivity index (χ2n) is 3.78. The van der Waals surface area contributed by atoms with Crippen LogP contribution in [0.2, 0.25) is 0 Å². The number of amides is 1. The summed E-state index contributed by atoms with van der Waals surface area (Å²) in [5, 5.41) is 0. The Morgan fingerprint density at radius 1 is 1.67 bits per heavy atom. The van der Waals surface area contributed by atoms with Crippen LogP contribution in [0.4, 0.5) is 0 Å². The monoisotopic (exact) mass is 167 g/mol. The van der Waals surface area contributed by atoms with Gasteiger partial charge in [0.2, 0.25) is 5.91 Å². The first kappa shape index (κ1) is 9.30. The molecule has 1 aliphatic rings. The van der Waals surface area contributed by atoms with E-state index in [9.17, 15) is 4.79 Å². The number of carbonyl (C=O) groups is 1. The van der Waals surface area contributed by atoms with E-state index in [0.717, 1.165) is 6.42 Å². The third-order valence-electron chi connectivity index (χ3n) is 2.46. The number of rotatable bonds is 2. The molecule has 0 aromatic carbocycles. The standard InChI is InChI=1S/C10H17NO/c1-5-9-6-8(4)10(12)11(9)7(2)3/h5,7-9H,1,6H2,2-4H3/t8-,9+/m0/s1. The smallest absolute Gasteiger partial charge is 0.226 e. The fraction of sp³-hybridized carbons (Fsp3) is 0.700. The SMILES string of the molecule is C=C[C@@H]1C[C@H](C)C(=O)N1C(C)C. The fourth-order valence-electron chi connectivity index (χ4n) is 1.84. The van der Waals surface area contributed by atoms with Crippen molar-refractivity contribution in [1.82, 2.24) is 4.90 Å². The molecule has 0 spiro atoms. The fourth-order valence-corrected chi connectivity index (χ4v) is 1.84. The van der Waals surface area contributed by atoms with E-state index in [1.54, 1.807) is 0 Å². The molecule has 2 heteroatoms. The van der Waals surface area contributed by atoms with Crippen molar-refractivity contribution in [1.29, 1.82) is 0 Å². The zero-order valence-electron chi connectivity index (χ0n) is 8.08. The van der Waals surface area contributed by atoms with Crippen LogP contribution >= 0.6 is 0 Å². The summed E-state index contributed by atoms with van der Waals surface area (Å²) >= 11 is 0. The lowest BCUT2D eigenvalue weighted by Gasteiger charge is -2.26. The Balaban J connectivity index is 2.80. The molecule has 1 heterocycles. The summed E-state index contributed by atoms with van der Waals surface area (Å²) < 4.78 is 0. The number of carbonyl (C=O) groups excluding carboxylic acids is 1. The van der Waals surface area contributed by atoms with Crippen LogP contribution in [-0.2, 0) is 4.79 Å². The summed E-state index contributed by atoms with van der Waals surface area (Å²) in [4.78, 5) is 13.5. The first-order chi connectivity index (χ1) is 5.57. The number of hydrogen-bond donors (Lipinski definition) is 0. The zero-order valence-corrected chi connectivity index (χ0v) is 8.08. The minimum Gasteiger partial charge on any atom is -0.334 e. The minimum atomic E-state index is 0.176. The topological polar surface area (TPSA) is 20.3 Å². The van der Waals surface area contributed by atoms with Crippen molar-refractivity contribution in [2.45, 2.75) is 39.3 Å². The lowest BCUT2D eigenvalue weighted by Crippen LogP contribution is -2.38. The van der Waals surface area contributed by atoms with Gasteiger partial charge in [0.1, 0.15) is 0 Å². The van der Waals surface area contributed by atoms with Crippen LogP contribution in [0.3, 0.4) is 0 Å². The van der Waals surface area contributed by atoms with Crippen molar-refractivity contribution in [3.63, 3.8) is 0 Å². The van der Waals surface area contributed by atoms with Crippen molar-refractivity contribution in [2.75, 3.05) is 0 Å². The zero-order chi connectivity index (χ0) is 9.30. The van der Waals surface area contributed by atoms with Gasteiger partial charge in [0.15, 0.2) is 0 Å². The maximum absolute atomic E-state index is 11.6. The molecular weight excluding hydrogens is 150 g/mol. The highest BCUT2D eigenvalue weighted by Gasteiger charge is 2.36. The third kappa shape index (κ3) is 1.38. The molecule has 1 saturated heterocycles. The van der Waals surface area contributed by atoms with Gasteiger partial charge in [-0.15, -0.1) is 6.58 Å². The van der Waals surface area contributed by atoms with Gasteiger partial charge in [-0.25, -0.2) is 0 Å². The first-order valence-corrected chi connectivity index (χ1v) is 4.52. The molecule has 2 nitrogen and oxygen atoms in total. The Bertz CT molecular complexity index is 198. The molecule has 1 rings (SSSR count). The van der Waals surface area contributed by atoms with Gasteiger partial charge in [0.05, 0.1) is 6.04 Å². The Morgan fingerprint density at radius 3 is 2.58 bits per heavy atom. The summed E-state index contributed by atoms with van der Waals surface area (Å²) in [6.45, 7) is 9.83. The van der Waals surface area contributed by atoms with Gasteiger partial charge in [-0.3, -0.25) is 4.79 Å². The highest BCUT2D eigenvalue weighted by Crippen LogP contribution is 2.26. The Labute approximate surface area is 74.2 Å². The van der Waals surface area contributed by atoms with Crippen molar-refractivity contribution in [3.8, 4) is 0 Å². The minimum absolute atomic E-state index is 0.176. The van der Waals surface area contributed by atoms with Gasteiger partial charge in [-0.1, -0.05) is 13.0 Å². The van der Waals surface area contributed by atoms with Crippen molar-refractivity contribution in [2.24, 2.45) is 5.92 Å². The van der Waals surface area contributed by atoms with E-state index in [1.165, 1.54) is 0 Å². The predicted molar refractivity (Wildman–Crippen MR) is 49.7 cm³/mol. The lowest BCUT2D eigenvalue weighted by atomic mass is 10.1. The van der Waals surface area contributed by atoms with E-state index in [4.69, 9.17) is 0 Å². The molecule has 1 fully saturated rings. The first-order valence-electron chi connectivity index (χ1n) is 4.52. The maximum Gasteiger partial charge on any atom is 0.226 e. The number of hydrogen-bond acceptors (Lipinski definition) is 1. The largest absolute Gasteiger partial charge is 0.334 e. The lowest BCUT2D eigenvalue weighted by molar-refractivity contribution is -0.132. The van der Waals surface area contributed by atoms with Crippen molar-refractivity contribution in [3.05, 3.63) is 12.7 Å². The molecule has 68 valence electrons. The van der Waals surface area contributed by atoms with Crippen LogP contribution in [-0.4, -0.2) is 22.9 Å². The summed E-state index contributed by atoms with van der Waals surface area (Å²) in [5.74, 6) is 0.449. The van der Waals surface area contributed by atoms with Crippen LogP contribution in [0.25, 0.3) is 0 Å². The highest BCUT2D eigenvalue weighted by atomic mass is 16.2. The van der Waals surface area contributed by atoms with E-state index in [0.29, 0.717) is 6.04 Å². The molecule has 0 aliphatic carbocycles. The van der Waals surface area contributed by atoms with Crippen LogP contribution in [0, 0.1) is 5.92 Å². The molecular formula is C10H17NO. The molecule has 0 aromatic rings. The molecule has 12 heavy (non-hydrogen) atoms. The molecule has 0 N–H and O–H groups in total. The molecule has 0 bridgehead atoms. The summed E-state index contributed by atoms with van der Waals surface area (Å²) in [5.41, 5.74) is 0. The molecule has 1 amide bonds. The molecule has 0 saturated carbocycles. The van der Waals surface area contributed by atoms with E-state index < -0.39 is 0 Å². The highest BCUT2D eigenvalue weighted by molar-refractivity contribution is 5.81. The van der Waals surface area contributed by atoms with Crippen LogP contribution in [0.1, 0.15) is 27.2 Å². The summed E-state index contributed by atoms with van der Waals surface area (Å²) in [7, 11) is 0.